The number of benzene rings is 1. The molecule has 120 valence electrons. The average molecular weight is 304 g/mol. The maximum absolute atomic E-state index is 12.2. The number of rotatable bonds is 5. The summed E-state index contributed by atoms with van der Waals surface area (Å²) < 4.78 is 0. The molecule has 1 heterocycles. The van der Waals surface area contributed by atoms with Crippen molar-refractivity contribution in [2.45, 2.75) is 19.4 Å². The molecule has 2 amide bonds. The van der Waals surface area contributed by atoms with Crippen molar-refractivity contribution in [2.75, 3.05) is 44.4 Å². The van der Waals surface area contributed by atoms with Crippen LogP contribution in [-0.4, -0.2) is 61.4 Å². The number of anilines is 2. The van der Waals surface area contributed by atoms with Crippen LogP contribution >= 0.6 is 0 Å². The number of amides is 2. The fraction of sp³-hybridized carbons (Fsp3) is 0.500. The largest absolute Gasteiger partial charge is 0.325 e. The van der Waals surface area contributed by atoms with Crippen LogP contribution in [0.2, 0.25) is 0 Å². The van der Waals surface area contributed by atoms with E-state index >= 15 is 0 Å². The number of carbonyl (C=O) groups excluding carboxylic acids is 2. The summed E-state index contributed by atoms with van der Waals surface area (Å²) in [6.07, 6.45) is 1.09. The average Bonchev–Trinajstić information content (AvgIpc) is 2.89. The molecule has 0 saturated carbocycles. The normalized spacial score (nSPS) is 18.5. The molecule has 1 aliphatic heterocycles. The number of para-hydroxylation sites is 2. The predicted molar refractivity (Wildman–Crippen MR) is 87.9 cm³/mol. The molecule has 1 fully saturated rings. The van der Waals surface area contributed by atoms with Crippen molar-refractivity contribution in [3.8, 4) is 0 Å². The first-order valence-electron chi connectivity index (χ1n) is 7.51. The molecule has 0 unspecified atom stereocenters. The van der Waals surface area contributed by atoms with Gasteiger partial charge in [0.2, 0.25) is 11.8 Å². The minimum Gasteiger partial charge on any atom is -0.325 e. The van der Waals surface area contributed by atoms with Gasteiger partial charge < -0.3 is 15.5 Å². The lowest BCUT2D eigenvalue weighted by atomic mass is 10.2. The van der Waals surface area contributed by atoms with Gasteiger partial charge in [-0.15, -0.1) is 0 Å². The number of likely N-dealkylation sites (N-methyl/N-ethyl adjacent to an activating group) is 1. The molecule has 1 aromatic carbocycles. The van der Waals surface area contributed by atoms with Crippen molar-refractivity contribution >= 4 is 23.2 Å². The third-order valence-electron chi connectivity index (χ3n) is 3.86. The molecule has 6 nitrogen and oxygen atoms in total. The highest BCUT2D eigenvalue weighted by molar-refractivity contribution is 5.99. The number of hydrogen-bond acceptors (Lipinski definition) is 4. The van der Waals surface area contributed by atoms with Crippen molar-refractivity contribution in [1.29, 1.82) is 0 Å². The Hall–Kier alpha value is -1.92. The number of carbonyl (C=O) groups is 2. The quantitative estimate of drug-likeness (QED) is 0.858. The van der Waals surface area contributed by atoms with E-state index in [1.54, 1.807) is 12.1 Å². The van der Waals surface area contributed by atoms with Gasteiger partial charge in [0.05, 0.1) is 17.9 Å². The van der Waals surface area contributed by atoms with E-state index in [0.717, 1.165) is 19.5 Å². The Bertz CT molecular complexity index is 545. The van der Waals surface area contributed by atoms with Gasteiger partial charge in [0.15, 0.2) is 0 Å². The second kappa shape index (κ2) is 7.38. The SMILES string of the molecule is CC(=O)Nc1ccccc1NC(=O)CN1CC[C@@H](N(C)C)C1. The molecular formula is C16H24N4O2. The van der Waals surface area contributed by atoms with Crippen molar-refractivity contribution in [3.05, 3.63) is 24.3 Å². The standard InChI is InChI=1S/C16H24N4O2/c1-12(21)17-14-6-4-5-7-15(14)18-16(22)11-20-9-8-13(10-20)19(2)3/h4-7,13H,8-11H2,1-3H3,(H,17,21)(H,18,22)/t13-/m1/s1. The van der Waals surface area contributed by atoms with Gasteiger partial charge in [-0.05, 0) is 32.6 Å². The van der Waals surface area contributed by atoms with E-state index in [9.17, 15) is 9.59 Å². The van der Waals surface area contributed by atoms with Gasteiger partial charge in [-0.2, -0.15) is 0 Å². The van der Waals surface area contributed by atoms with E-state index in [4.69, 9.17) is 0 Å². The van der Waals surface area contributed by atoms with Crippen LogP contribution < -0.4 is 10.6 Å². The van der Waals surface area contributed by atoms with Gasteiger partial charge in [-0.1, -0.05) is 12.1 Å². The fourth-order valence-electron chi connectivity index (χ4n) is 2.66. The summed E-state index contributed by atoms with van der Waals surface area (Å²) >= 11 is 0. The molecule has 1 aliphatic rings. The highest BCUT2D eigenvalue weighted by Gasteiger charge is 2.25. The third-order valence-corrected chi connectivity index (χ3v) is 3.86. The summed E-state index contributed by atoms with van der Waals surface area (Å²) in [4.78, 5) is 27.7. The highest BCUT2D eigenvalue weighted by Crippen LogP contribution is 2.21. The summed E-state index contributed by atoms with van der Waals surface area (Å²) in [5.41, 5.74) is 1.25. The maximum Gasteiger partial charge on any atom is 0.238 e. The second-order valence-electron chi connectivity index (χ2n) is 5.92. The lowest BCUT2D eigenvalue weighted by Crippen LogP contribution is -2.35. The molecule has 0 radical (unpaired) electrons. The summed E-state index contributed by atoms with van der Waals surface area (Å²) in [5, 5.41) is 5.60. The second-order valence-corrected chi connectivity index (χ2v) is 5.92. The smallest absolute Gasteiger partial charge is 0.238 e. The van der Waals surface area contributed by atoms with Crippen molar-refractivity contribution in [3.63, 3.8) is 0 Å². The van der Waals surface area contributed by atoms with Crippen LogP contribution in [-0.2, 0) is 9.59 Å². The monoisotopic (exact) mass is 304 g/mol. The van der Waals surface area contributed by atoms with Gasteiger partial charge >= 0.3 is 0 Å². The lowest BCUT2D eigenvalue weighted by molar-refractivity contribution is -0.117. The van der Waals surface area contributed by atoms with Gasteiger partial charge in [-0.25, -0.2) is 0 Å². The Labute approximate surface area is 131 Å². The zero-order chi connectivity index (χ0) is 16.1. The van der Waals surface area contributed by atoms with E-state index in [1.807, 2.05) is 12.1 Å². The Morgan fingerprint density at radius 2 is 1.86 bits per heavy atom. The fourth-order valence-corrected chi connectivity index (χ4v) is 2.66. The number of nitrogens with one attached hydrogen (secondary N) is 2. The summed E-state index contributed by atoms with van der Waals surface area (Å²) in [5.74, 6) is -0.215. The Balaban J connectivity index is 1.91. The van der Waals surface area contributed by atoms with Crippen LogP contribution in [0.4, 0.5) is 11.4 Å². The first kappa shape index (κ1) is 16.5. The Morgan fingerprint density at radius 1 is 1.23 bits per heavy atom. The van der Waals surface area contributed by atoms with Crippen LogP contribution in [0.1, 0.15) is 13.3 Å². The molecule has 0 aromatic heterocycles. The number of likely N-dealkylation sites (tertiary alicyclic amines) is 1. The molecule has 0 aliphatic carbocycles. The molecule has 22 heavy (non-hydrogen) atoms. The van der Waals surface area contributed by atoms with Crippen molar-refractivity contribution in [1.82, 2.24) is 9.80 Å². The Kier molecular flexibility index (Phi) is 5.51. The number of hydrogen-bond donors (Lipinski definition) is 2. The van der Waals surface area contributed by atoms with Crippen molar-refractivity contribution in [2.24, 2.45) is 0 Å². The molecule has 6 heteroatoms. The summed E-state index contributed by atoms with van der Waals surface area (Å²) in [6, 6.07) is 7.73. The minimum atomic E-state index is -0.157. The zero-order valence-corrected chi connectivity index (χ0v) is 13.4. The topological polar surface area (TPSA) is 64.7 Å². The zero-order valence-electron chi connectivity index (χ0n) is 13.4. The van der Waals surface area contributed by atoms with E-state index in [0.29, 0.717) is 24.0 Å². The van der Waals surface area contributed by atoms with Crippen LogP contribution in [0.25, 0.3) is 0 Å². The Morgan fingerprint density at radius 3 is 2.41 bits per heavy atom. The highest BCUT2D eigenvalue weighted by atomic mass is 16.2. The lowest BCUT2D eigenvalue weighted by Gasteiger charge is -2.20. The molecule has 1 saturated heterocycles. The van der Waals surface area contributed by atoms with Crippen LogP contribution in [0.5, 0.6) is 0 Å². The predicted octanol–water partition coefficient (Wildman–Crippen LogP) is 1.22. The third kappa shape index (κ3) is 4.54. The molecule has 1 aromatic rings. The van der Waals surface area contributed by atoms with Crippen LogP contribution in [0.15, 0.2) is 24.3 Å². The van der Waals surface area contributed by atoms with Crippen LogP contribution in [0.3, 0.4) is 0 Å². The summed E-state index contributed by atoms with van der Waals surface area (Å²) in [6.45, 7) is 3.67. The molecule has 0 spiro atoms. The van der Waals surface area contributed by atoms with Gasteiger partial charge in [0.1, 0.15) is 0 Å². The molecular weight excluding hydrogens is 280 g/mol. The van der Waals surface area contributed by atoms with Crippen molar-refractivity contribution < 1.29 is 9.59 Å². The van der Waals surface area contributed by atoms with Gasteiger partial charge in [0.25, 0.3) is 0 Å². The minimum absolute atomic E-state index is 0.0581. The summed E-state index contributed by atoms with van der Waals surface area (Å²) in [7, 11) is 4.13. The number of nitrogens with zero attached hydrogens (tertiary/aromatic N) is 2. The van der Waals surface area contributed by atoms with Crippen LogP contribution in [0, 0.1) is 0 Å². The van der Waals surface area contributed by atoms with Gasteiger partial charge in [-0.3, -0.25) is 14.5 Å². The van der Waals surface area contributed by atoms with E-state index in [-0.39, 0.29) is 11.8 Å². The van der Waals surface area contributed by atoms with E-state index in [1.165, 1.54) is 6.92 Å². The van der Waals surface area contributed by atoms with E-state index < -0.39 is 0 Å². The molecule has 2 rings (SSSR count). The van der Waals surface area contributed by atoms with Gasteiger partial charge in [0, 0.05) is 26.1 Å². The van der Waals surface area contributed by atoms with E-state index in [2.05, 4.69) is 34.5 Å². The molecule has 1 atom stereocenters. The first-order chi connectivity index (χ1) is 10.5. The molecule has 0 bridgehead atoms. The molecule has 2 N–H and O–H groups in total. The maximum atomic E-state index is 12.2. The first-order valence-corrected chi connectivity index (χ1v) is 7.51.